The highest BCUT2D eigenvalue weighted by atomic mass is 35.5. The second-order valence-electron chi connectivity index (χ2n) is 4.99. The first-order valence-electron chi connectivity index (χ1n) is 6.50. The molecule has 2 aromatic rings. The highest BCUT2D eigenvalue weighted by Crippen LogP contribution is 2.46. The van der Waals surface area contributed by atoms with Crippen molar-refractivity contribution in [3.8, 4) is 11.9 Å². The van der Waals surface area contributed by atoms with E-state index >= 15 is 0 Å². The van der Waals surface area contributed by atoms with E-state index in [-0.39, 0.29) is 22.0 Å². The number of benzene rings is 1. The minimum absolute atomic E-state index is 0.0673. The van der Waals surface area contributed by atoms with Gasteiger partial charge in [0.25, 0.3) is 0 Å². The number of aryl methyl sites for hydroxylation is 2. The number of nitrogens with zero attached hydrogens (tertiary/aromatic N) is 3. The Labute approximate surface area is 131 Å². The molecule has 0 aliphatic carbocycles. The molecular weight excluding hydrogens is 307 g/mol. The molecule has 0 radical (unpaired) electrons. The van der Waals surface area contributed by atoms with Crippen molar-refractivity contribution in [3.05, 3.63) is 57.3 Å². The van der Waals surface area contributed by atoms with Crippen LogP contribution < -0.4 is 10.5 Å². The van der Waals surface area contributed by atoms with Gasteiger partial charge in [-0.25, -0.2) is 9.07 Å². The topological polar surface area (TPSA) is 76.9 Å². The maximum atomic E-state index is 14.4. The molecule has 1 aliphatic heterocycles. The van der Waals surface area contributed by atoms with E-state index in [1.807, 2.05) is 6.07 Å². The summed E-state index contributed by atoms with van der Waals surface area (Å²) < 4.78 is 21.4. The average Bonchev–Trinajstić information content (AvgIpc) is 2.73. The molecule has 112 valence electrons. The lowest BCUT2D eigenvalue weighted by atomic mass is 9.84. The third-order valence-corrected chi connectivity index (χ3v) is 4.00. The van der Waals surface area contributed by atoms with Crippen molar-refractivity contribution in [2.24, 2.45) is 12.8 Å². The van der Waals surface area contributed by atoms with Crippen molar-refractivity contribution in [2.75, 3.05) is 0 Å². The van der Waals surface area contributed by atoms with Gasteiger partial charge in [0.05, 0.1) is 17.2 Å². The Balaban J connectivity index is 2.36. The molecule has 1 aromatic heterocycles. The van der Waals surface area contributed by atoms with Gasteiger partial charge >= 0.3 is 0 Å². The fourth-order valence-corrected chi connectivity index (χ4v) is 3.02. The van der Waals surface area contributed by atoms with Crippen LogP contribution in [0.4, 0.5) is 4.39 Å². The summed E-state index contributed by atoms with van der Waals surface area (Å²) in [6.07, 6.45) is 0. The zero-order valence-electron chi connectivity index (χ0n) is 11.9. The number of aromatic nitrogens is 2. The summed E-state index contributed by atoms with van der Waals surface area (Å²) in [5, 5.41) is 13.9. The average molecular weight is 319 g/mol. The molecule has 3 rings (SSSR count). The van der Waals surface area contributed by atoms with E-state index in [0.717, 1.165) is 0 Å². The van der Waals surface area contributed by atoms with Crippen molar-refractivity contribution in [3.63, 3.8) is 0 Å². The number of allylic oxidation sites excluding steroid dienone is 1. The first-order valence-corrected chi connectivity index (χ1v) is 6.88. The Morgan fingerprint density at radius 2 is 2.18 bits per heavy atom. The molecule has 22 heavy (non-hydrogen) atoms. The number of hydrogen-bond acceptors (Lipinski definition) is 4. The summed E-state index contributed by atoms with van der Waals surface area (Å²) in [5.74, 6) is -0.925. The van der Waals surface area contributed by atoms with E-state index in [1.54, 1.807) is 20.0 Å². The Morgan fingerprint density at radius 3 is 2.82 bits per heavy atom. The van der Waals surface area contributed by atoms with Crippen molar-refractivity contribution in [1.82, 2.24) is 9.78 Å². The van der Waals surface area contributed by atoms with Crippen molar-refractivity contribution in [1.29, 1.82) is 5.26 Å². The van der Waals surface area contributed by atoms with E-state index in [9.17, 15) is 9.65 Å². The van der Waals surface area contributed by atoms with Crippen LogP contribution in [0, 0.1) is 24.1 Å². The lowest BCUT2D eigenvalue weighted by Crippen LogP contribution is -2.22. The minimum Gasteiger partial charge on any atom is -0.422 e. The molecular formula is C15H12ClFN4O. The van der Waals surface area contributed by atoms with Crippen LogP contribution in [-0.4, -0.2) is 9.78 Å². The smallest absolute Gasteiger partial charge is 0.224 e. The SMILES string of the molecule is Cc1nn(C)c2c1C(c1c(F)cccc1Cl)C(C#N)=C(N)O2. The quantitative estimate of drug-likeness (QED) is 0.877. The molecule has 5 nitrogen and oxygen atoms in total. The van der Waals surface area contributed by atoms with Crippen molar-refractivity contribution >= 4 is 11.6 Å². The number of hydrogen-bond donors (Lipinski definition) is 1. The first kappa shape index (κ1) is 14.4. The predicted molar refractivity (Wildman–Crippen MR) is 78.7 cm³/mol. The molecule has 1 unspecified atom stereocenters. The molecule has 2 heterocycles. The predicted octanol–water partition coefficient (Wildman–Crippen LogP) is 2.74. The number of ether oxygens (including phenoxy) is 1. The van der Waals surface area contributed by atoms with Gasteiger partial charge in [0.2, 0.25) is 11.8 Å². The van der Waals surface area contributed by atoms with Crippen LogP contribution in [0.15, 0.2) is 29.7 Å². The molecule has 1 aromatic carbocycles. The molecule has 0 fully saturated rings. The number of nitrogens with two attached hydrogens (primary N) is 1. The summed E-state index contributed by atoms with van der Waals surface area (Å²) in [7, 11) is 1.69. The standard InChI is InChI=1S/C15H12ClFN4O/c1-7-11-12(13-9(16)4-3-5-10(13)17)8(6-18)14(19)22-15(11)21(2)20-7/h3-5,12H,19H2,1-2H3. The van der Waals surface area contributed by atoms with E-state index < -0.39 is 11.7 Å². The van der Waals surface area contributed by atoms with Gasteiger partial charge in [0, 0.05) is 17.6 Å². The second kappa shape index (κ2) is 5.04. The summed E-state index contributed by atoms with van der Waals surface area (Å²) in [6.45, 7) is 1.76. The molecule has 2 N–H and O–H groups in total. The normalized spacial score (nSPS) is 17.0. The molecule has 1 atom stereocenters. The molecule has 0 bridgehead atoms. The lowest BCUT2D eigenvalue weighted by Gasteiger charge is -2.25. The van der Waals surface area contributed by atoms with Gasteiger partial charge in [-0.05, 0) is 19.1 Å². The molecule has 7 heteroatoms. The summed E-state index contributed by atoms with van der Waals surface area (Å²) in [5.41, 5.74) is 7.38. The van der Waals surface area contributed by atoms with Gasteiger partial charge in [-0.15, -0.1) is 0 Å². The number of fused-ring (bicyclic) bond motifs is 1. The van der Waals surface area contributed by atoms with Crippen LogP contribution >= 0.6 is 11.6 Å². The highest BCUT2D eigenvalue weighted by molar-refractivity contribution is 6.31. The van der Waals surface area contributed by atoms with Gasteiger partial charge in [-0.3, -0.25) is 0 Å². The van der Waals surface area contributed by atoms with Gasteiger partial charge < -0.3 is 10.5 Å². The van der Waals surface area contributed by atoms with Crippen molar-refractivity contribution in [2.45, 2.75) is 12.8 Å². The fraction of sp³-hybridized carbons (Fsp3) is 0.200. The number of halogens is 2. The number of rotatable bonds is 1. The minimum atomic E-state index is -0.740. The van der Waals surface area contributed by atoms with Gasteiger partial charge in [0.1, 0.15) is 17.5 Å². The molecule has 0 saturated carbocycles. The summed E-state index contributed by atoms with van der Waals surface area (Å²) >= 11 is 6.18. The number of nitriles is 1. The maximum Gasteiger partial charge on any atom is 0.224 e. The molecule has 0 spiro atoms. The first-order chi connectivity index (χ1) is 10.5. The third kappa shape index (κ3) is 1.94. The largest absolute Gasteiger partial charge is 0.422 e. The maximum absolute atomic E-state index is 14.4. The van der Waals surface area contributed by atoms with Gasteiger partial charge in [-0.1, -0.05) is 17.7 Å². The zero-order chi connectivity index (χ0) is 16.0. The van der Waals surface area contributed by atoms with Crippen LogP contribution in [0.5, 0.6) is 5.88 Å². The monoisotopic (exact) mass is 318 g/mol. The highest BCUT2D eigenvalue weighted by Gasteiger charge is 2.37. The van der Waals surface area contributed by atoms with Crippen LogP contribution in [0.2, 0.25) is 5.02 Å². The summed E-state index contributed by atoms with van der Waals surface area (Å²) in [6, 6.07) is 6.39. The Bertz CT molecular complexity index is 830. The lowest BCUT2D eigenvalue weighted by molar-refractivity contribution is 0.357. The van der Waals surface area contributed by atoms with Crippen LogP contribution in [0.3, 0.4) is 0 Å². The zero-order valence-corrected chi connectivity index (χ0v) is 12.6. The second-order valence-corrected chi connectivity index (χ2v) is 5.40. The Morgan fingerprint density at radius 1 is 1.45 bits per heavy atom. The van der Waals surface area contributed by atoms with E-state index in [2.05, 4.69) is 5.10 Å². The Kier molecular flexibility index (Phi) is 3.30. The van der Waals surface area contributed by atoms with Crippen LogP contribution in [0.1, 0.15) is 22.7 Å². The third-order valence-electron chi connectivity index (χ3n) is 3.67. The molecule has 0 saturated heterocycles. The van der Waals surface area contributed by atoms with E-state index in [1.165, 1.54) is 16.8 Å². The fourth-order valence-electron chi connectivity index (χ4n) is 2.75. The van der Waals surface area contributed by atoms with Crippen LogP contribution in [-0.2, 0) is 7.05 Å². The summed E-state index contributed by atoms with van der Waals surface area (Å²) in [4.78, 5) is 0. The van der Waals surface area contributed by atoms with E-state index in [4.69, 9.17) is 22.1 Å². The molecule has 1 aliphatic rings. The Hall–Kier alpha value is -2.52. The molecule has 0 amide bonds. The van der Waals surface area contributed by atoms with Crippen LogP contribution in [0.25, 0.3) is 0 Å². The van der Waals surface area contributed by atoms with Gasteiger partial charge in [0.15, 0.2) is 0 Å². The van der Waals surface area contributed by atoms with Gasteiger partial charge in [-0.2, -0.15) is 10.4 Å². The van der Waals surface area contributed by atoms with Crippen molar-refractivity contribution < 1.29 is 9.13 Å². The van der Waals surface area contributed by atoms with E-state index in [0.29, 0.717) is 17.1 Å².